The molecular formula is C17H37N2O3P. The van der Waals surface area contributed by atoms with Gasteiger partial charge in [-0.05, 0) is 0 Å². The summed E-state index contributed by atoms with van der Waals surface area (Å²) in [5.41, 5.74) is 0. The molecule has 0 rings (SSSR count). The van der Waals surface area contributed by atoms with E-state index in [2.05, 4.69) is 6.92 Å². The Bertz CT molecular complexity index is 359. The second-order valence-corrected chi connectivity index (χ2v) is 10.2. The summed E-state index contributed by atoms with van der Waals surface area (Å²) in [5, 5.41) is 8.87. The fourth-order valence-corrected chi connectivity index (χ4v) is 6.50. The molecule has 0 aromatic rings. The number of unbranched alkanes of at least 4 members (excludes halogenated alkanes) is 5. The van der Waals surface area contributed by atoms with Gasteiger partial charge in [-0.1, -0.05) is 0 Å². The summed E-state index contributed by atoms with van der Waals surface area (Å²) < 4.78 is 7.39. The molecule has 0 heterocycles. The predicted octanol–water partition coefficient (Wildman–Crippen LogP) is 4.59. The second kappa shape index (κ2) is 10.6. The molecule has 0 amide bonds. The van der Waals surface area contributed by atoms with Gasteiger partial charge in [-0.15, -0.1) is 0 Å². The average Bonchev–Trinajstić information content (AvgIpc) is 2.43. The third kappa shape index (κ3) is 7.92. The Morgan fingerprint density at radius 2 is 1.52 bits per heavy atom. The molecule has 0 aliphatic heterocycles. The average molecular weight is 348 g/mol. The molecule has 0 saturated carbocycles. The Kier molecular flexibility index (Phi) is 10.5. The molecule has 0 aliphatic rings. The van der Waals surface area contributed by atoms with Crippen molar-refractivity contribution in [2.75, 3.05) is 12.8 Å². The van der Waals surface area contributed by atoms with Crippen LogP contribution in [0.25, 0.3) is 0 Å². The minimum absolute atomic E-state index is 0.0195. The van der Waals surface area contributed by atoms with E-state index in [1.54, 1.807) is 4.67 Å². The number of hydrogen-bond donors (Lipinski definition) is 2. The van der Waals surface area contributed by atoms with E-state index in [9.17, 15) is 9.79 Å². The molecule has 0 aromatic carbocycles. The Labute approximate surface area is 142 Å². The molecular weight excluding hydrogens is 311 g/mol. The zero-order chi connectivity index (χ0) is 18.0. The fourth-order valence-electron chi connectivity index (χ4n) is 3.15. The van der Waals surface area contributed by atoms with Gasteiger partial charge in [0.1, 0.15) is 0 Å². The fraction of sp³-hybridized carbons (Fsp3) is 0.941. The van der Waals surface area contributed by atoms with E-state index in [0.29, 0.717) is 6.61 Å². The van der Waals surface area contributed by atoms with Crippen LogP contribution in [0.5, 0.6) is 0 Å². The first-order valence-electron chi connectivity index (χ1n) is 9.00. The first-order chi connectivity index (χ1) is 10.7. The molecule has 0 radical (unpaired) electrons. The first-order valence-corrected chi connectivity index (χ1v) is 11.2. The van der Waals surface area contributed by atoms with Crippen LogP contribution < -0.4 is 0 Å². The van der Waals surface area contributed by atoms with Crippen LogP contribution in [0.3, 0.4) is 0 Å². The van der Waals surface area contributed by atoms with Gasteiger partial charge in [0.15, 0.2) is 0 Å². The molecule has 138 valence electrons. The molecule has 23 heavy (non-hydrogen) atoms. The van der Waals surface area contributed by atoms with E-state index >= 15 is 0 Å². The third-order valence-corrected chi connectivity index (χ3v) is 7.56. The van der Waals surface area contributed by atoms with Crippen molar-refractivity contribution in [3.63, 3.8) is 0 Å². The maximum atomic E-state index is 11.1. The summed E-state index contributed by atoms with van der Waals surface area (Å²) in [6.45, 7) is 10.2. The first kappa shape index (κ1) is 22.8. The molecule has 6 heteroatoms. The third-order valence-electron chi connectivity index (χ3n) is 3.99. The van der Waals surface area contributed by atoms with Crippen LogP contribution in [0.2, 0.25) is 0 Å². The summed E-state index contributed by atoms with van der Waals surface area (Å²) in [6.07, 6.45) is 6.75. The molecule has 0 spiro atoms. The minimum atomic E-state index is -4.48. The van der Waals surface area contributed by atoms with Crippen LogP contribution >= 0.6 is 7.43 Å². The Balaban J connectivity index is 4.78. The number of nitrogens with zero attached hydrogens (tertiary/aromatic N) is 2. The van der Waals surface area contributed by atoms with E-state index in [0.717, 1.165) is 19.3 Å². The van der Waals surface area contributed by atoms with Gasteiger partial charge < -0.3 is 0 Å². The molecule has 0 aliphatic carbocycles. The zero-order valence-electron chi connectivity index (χ0n) is 15.7. The van der Waals surface area contributed by atoms with E-state index in [-0.39, 0.29) is 24.7 Å². The molecule has 2 N–H and O–H groups in total. The van der Waals surface area contributed by atoms with Crippen molar-refractivity contribution in [3.8, 4) is 6.07 Å². The van der Waals surface area contributed by atoms with Gasteiger partial charge in [0.25, 0.3) is 0 Å². The molecule has 0 unspecified atom stereocenters. The Hall–Kier alpha value is -0.240. The van der Waals surface area contributed by atoms with Gasteiger partial charge in [-0.25, -0.2) is 0 Å². The summed E-state index contributed by atoms with van der Waals surface area (Å²) in [6, 6.07) is 1.88. The van der Waals surface area contributed by atoms with Crippen LogP contribution in [-0.2, 0) is 4.52 Å². The van der Waals surface area contributed by atoms with Gasteiger partial charge >= 0.3 is 142 Å². The van der Waals surface area contributed by atoms with Crippen molar-refractivity contribution in [2.45, 2.75) is 91.6 Å². The summed E-state index contributed by atoms with van der Waals surface area (Å²) in [4.78, 5) is 22.2. The molecule has 5 nitrogen and oxygen atoms in total. The zero-order valence-corrected chi connectivity index (χ0v) is 16.6. The van der Waals surface area contributed by atoms with Crippen molar-refractivity contribution in [3.05, 3.63) is 0 Å². The monoisotopic (exact) mass is 348 g/mol. The van der Waals surface area contributed by atoms with Crippen LogP contribution in [0, 0.1) is 11.3 Å². The summed E-state index contributed by atoms with van der Waals surface area (Å²) in [5.74, 6) is 0. The van der Waals surface area contributed by atoms with Crippen LogP contribution in [0.15, 0.2) is 0 Å². The van der Waals surface area contributed by atoms with E-state index in [1.807, 2.05) is 33.8 Å². The Morgan fingerprint density at radius 3 is 2.00 bits per heavy atom. The number of hydrogen-bond acceptors (Lipinski definition) is 5. The molecule has 0 atom stereocenters. The van der Waals surface area contributed by atoms with Gasteiger partial charge in [0.05, 0.1) is 0 Å². The van der Waals surface area contributed by atoms with Crippen LogP contribution in [0.4, 0.5) is 0 Å². The van der Waals surface area contributed by atoms with Crippen molar-refractivity contribution in [2.24, 2.45) is 0 Å². The van der Waals surface area contributed by atoms with Gasteiger partial charge in [-0.3, -0.25) is 0 Å². The van der Waals surface area contributed by atoms with Gasteiger partial charge in [0.2, 0.25) is 0 Å². The second-order valence-electron chi connectivity index (χ2n) is 6.87. The van der Waals surface area contributed by atoms with Crippen molar-refractivity contribution in [1.82, 2.24) is 4.67 Å². The number of nitriles is 1. The van der Waals surface area contributed by atoms with Crippen molar-refractivity contribution in [1.29, 1.82) is 5.26 Å². The van der Waals surface area contributed by atoms with E-state index in [4.69, 9.17) is 9.79 Å². The van der Waals surface area contributed by atoms with Crippen LogP contribution in [0.1, 0.15) is 79.6 Å². The SMILES string of the molecule is CCCCCCCCOP(O)(O)(CCC#N)N(C(C)C)C(C)C. The molecule has 0 saturated heterocycles. The van der Waals surface area contributed by atoms with Gasteiger partial charge in [-0.2, -0.15) is 0 Å². The number of rotatable bonds is 13. The Morgan fingerprint density at radius 1 is 1.00 bits per heavy atom. The van der Waals surface area contributed by atoms with E-state index in [1.165, 1.54) is 19.3 Å². The summed E-state index contributed by atoms with van der Waals surface area (Å²) >= 11 is 0. The van der Waals surface area contributed by atoms with Gasteiger partial charge in [0, 0.05) is 0 Å². The molecule has 0 aromatic heterocycles. The van der Waals surface area contributed by atoms with E-state index < -0.39 is 7.43 Å². The van der Waals surface area contributed by atoms with Crippen molar-refractivity contribution < 1.29 is 14.3 Å². The van der Waals surface area contributed by atoms with Crippen LogP contribution in [-0.4, -0.2) is 39.3 Å². The quantitative estimate of drug-likeness (QED) is 0.376. The predicted molar refractivity (Wildman–Crippen MR) is 97.9 cm³/mol. The summed E-state index contributed by atoms with van der Waals surface area (Å²) in [7, 11) is -4.48. The molecule has 0 fully saturated rings. The maximum absolute atomic E-state index is 11.1. The molecule has 0 bridgehead atoms. The topological polar surface area (TPSA) is 76.7 Å². The standard InChI is InChI=1S/C17H37N2O3P/c1-6-7-8-9-10-11-14-22-23(20,21,15-12-13-18)19(16(2)3)17(4)5/h16-17,20-21H,6-12,14-15H2,1-5H3. The normalized spacial score (nSPS) is 14.2. The van der Waals surface area contributed by atoms with Crippen molar-refractivity contribution >= 4 is 7.43 Å².